The lowest BCUT2D eigenvalue weighted by Gasteiger charge is -2.38. The number of ether oxygens (including phenoxy) is 1. The minimum atomic E-state index is -1.78. The van der Waals surface area contributed by atoms with Gasteiger partial charge in [-0.2, -0.15) is 5.10 Å². The summed E-state index contributed by atoms with van der Waals surface area (Å²) in [7, 11) is 1.87. The molecule has 2 saturated carbocycles. The van der Waals surface area contributed by atoms with Crippen LogP contribution in [0.25, 0.3) is 26.8 Å². The molecular weight excluding hydrogens is 1100 g/mol. The molecule has 4 fully saturated rings. The van der Waals surface area contributed by atoms with E-state index in [4.69, 9.17) is 17.8 Å². The van der Waals surface area contributed by atoms with Crippen molar-refractivity contribution in [3.05, 3.63) is 130 Å². The molecule has 2 aromatic carbocycles. The van der Waals surface area contributed by atoms with Gasteiger partial charge in [0.1, 0.15) is 23.6 Å². The van der Waals surface area contributed by atoms with Gasteiger partial charge in [0, 0.05) is 89.9 Å². The van der Waals surface area contributed by atoms with Gasteiger partial charge >= 0.3 is 0 Å². The van der Waals surface area contributed by atoms with Crippen LogP contribution in [-0.2, 0) is 32.6 Å². The van der Waals surface area contributed by atoms with Gasteiger partial charge in [-0.05, 0) is 132 Å². The highest BCUT2D eigenvalue weighted by Crippen LogP contribution is 2.40. The van der Waals surface area contributed by atoms with Crippen molar-refractivity contribution in [1.29, 1.82) is 0 Å². The number of halogens is 1. The first kappa shape index (κ1) is 50.9. The maximum Gasteiger partial charge on any atom is 0.257 e. The Kier molecular flexibility index (Phi) is 14.6. The van der Waals surface area contributed by atoms with Gasteiger partial charge in [0.25, 0.3) is 5.91 Å². The summed E-state index contributed by atoms with van der Waals surface area (Å²) in [6.45, 7) is 6.83. The number of piperidine rings is 1. The van der Waals surface area contributed by atoms with Crippen molar-refractivity contribution in [3.8, 4) is 0 Å². The maximum absolute atomic E-state index is 13.7. The summed E-state index contributed by atoms with van der Waals surface area (Å²) in [6.07, 6.45) is 14.2. The minimum absolute atomic E-state index is 0.0247. The van der Waals surface area contributed by atoms with Crippen LogP contribution in [0.2, 0.25) is 0 Å². The fourth-order valence-electron chi connectivity index (χ4n) is 11.6. The number of allylic oxidation sites excluding steroid dienone is 2. The van der Waals surface area contributed by atoms with Crippen LogP contribution in [0.4, 0.5) is 16.8 Å². The van der Waals surface area contributed by atoms with Crippen molar-refractivity contribution in [2.24, 2.45) is 13.0 Å². The number of piperazine rings is 1. The number of aryl methyl sites for hydroxylation is 1. The number of aromatic nitrogens is 5. The number of pyridine rings is 2. The van der Waals surface area contributed by atoms with Crippen LogP contribution >= 0.6 is 32.5 Å². The van der Waals surface area contributed by atoms with E-state index in [0.717, 1.165) is 114 Å². The molecule has 7 heterocycles. The van der Waals surface area contributed by atoms with Gasteiger partial charge in [-0.3, -0.25) is 19.6 Å². The monoisotopic (exact) mass is 1160 g/mol. The minimum Gasteiger partial charge on any atom is -0.374 e. The van der Waals surface area contributed by atoms with Gasteiger partial charge in [0.15, 0.2) is 17.1 Å². The zero-order valence-electron chi connectivity index (χ0n) is 42.6. The third-order valence-corrected chi connectivity index (χ3v) is 19.4. The topological polar surface area (TPSA) is 204 Å². The Morgan fingerprint density at radius 1 is 0.895 bits per heavy atom. The number of amides is 2. The first-order valence-corrected chi connectivity index (χ1v) is 29.4. The van der Waals surface area contributed by atoms with Crippen molar-refractivity contribution >= 4 is 91.4 Å². The summed E-state index contributed by atoms with van der Waals surface area (Å²) < 4.78 is 17.6. The molecule has 0 radical (unpaired) electrons. The smallest absolute Gasteiger partial charge is 0.257 e. The molecule has 6 aliphatic rings. The highest BCUT2D eigenvalue weighted by molar-refractivity contribution is 14.2. The number of thiazole rings is 1. The molecule has 2 saturated heterocycles. The highest BCUT2D eigenvalue weighted by Gasteiger charge is 2.34. The molecule has 3 aliphatic heterocycles. The van der Waals surface area contributed by atoms with E-state index in [1.165, 1.54) is 20.4 Å². The molecule has 17 nitrogen and oxygen atoms in total. The molecule has 76 heavy (non-hydrogen) atoms. The third-order valence-electron chi connectivity index (χ3n) is 15.9. The Morgan fingerprint density at radius 3 is 2.50 bits per heavy atom. The Hall–Kier alpha value is -5.94. The molecule has 3 aliphatic carbocycles. The summed E-state index contributed by atoms with van der Waals surface area (Å²) in [6, 6.07) is 21.6. The average molecular weight is 1160 g/mol. The molecule has 5 N–H and O–H groups in total. The van der Waals surface area contributed by atoms with E-state index in [-0.39, 0.29) is 47.7 Å². The Labute approximate surface area is 455 Å². The van der Waals surface area contributed by atoms with E-state index in [0.29, 0.717) is 54.4 Å². The van der Waals surface area contributed by atoms with Crippen molar-refractivity contribution in [1.82, 2.24) is 34.9 Å². The number of aliphatic hydroxyl groups is 3. The third kappa shape index (κ3) is 10.6. The number of hydrogen-bond acceptors (Lipinski definition) is 15. The van der Waals surface area contributed by atoms with E-state index < -0.39 is 33.7 Å². The van der Waals surface area contributed by atoms with Crippen molar-refractivity contribution in [2.75, 3.05) is 47.8 Å². The fourth-order valence-corrected chi connectivity index (χ4v) is 14.8. The number of carbonyl (C=O) groups is 2. The Balaban J connectivity index is 0.601. The number of anilines is 3. The van der Waals surface area contributed by atoms with Crippen LogP contribution in [0.5, 0.6) is 0 Å². The molecule has 4 unspecified atom stereocenters. The lowest BCUT2D eigenvalue weighted by Crippen LogP contribution is -2.45. The Bertz CT molecular complexity index is 3280. The molecule has 2 amide bonds. The summed E-state index contributed by atoms with van der Waals surface area (Å²) in [5.74, 6) is 0.727. The number of benzene rings is 2. The van der Waals surface area contributed by atoms with Crippen molar-refractivity contribution in [3.63, 3.8) is 0 Å². The summed E-state index contributed by atoms with van der Waals surface area (Å²) >= 11 is 0.827. The summed E-state index contributed by atoms with van der Waals surface area (Å²) in [5.41, 5.74) is 8.25. The predicted octanol–water partition coefficient (Wildman–Crippen LogP) is 7.94. The normalized spacial score (nSPS) is 23.9. The van der Waals surface area contributed by atoms with Crippen LogP contribution in [-0.4, -0.2) is 118 Å². The molecule has 4 atom stereocenters. The van der Waals surface area contributed by atoms with Crippen LogP contribution in [0.3, 0.4) is 0 Å². The summed E-state index contributed by atoms with van der Waals surface area (Å²) in [5, 5.41) is 43.1. The van der Waals surface area contributed by atoms with Gasteiger partial charge in [0.05, 0.1) is 40.1 Å². The van der Waals surface area contributed by atoms with E-state index in [2.05, 4.69) is 60.7 Å². The molecule has 19 heteroatoms. The van der Waals surface area contributed by atoms with Crippen LogP contribution < -0.4 is 20.4 Å². The highest BCUT2D eigenvalue weighted by atomic mass is 127. The van der Waals surface area contributed by atoms with E-state index in [1.54, 1.807) is 4.68 Å². The SMILES string of the molecule is CC1C(c2ccc(N3CCc4cccc(C(=O)Nc5nc6ccccc6s5)c4C3)nc2C(O)O)=CC=CC1OI=C1CCC(OC2CC(=CN3CCN(c4ccc5c(C6CCC(O)NC6=O)nn(C)c5n4)CC3)C2)CC1. The molecule has 0 spiro atoms. The second kappa shape index (κ2) is 21.8. The number of rotatable bonds is 12. The second-order valence-electron chi connectivity index (χ2n) is 20.9. The largest absolute Gasteiger partial charge is 0.374 e. The standard InChI is InChI=1S/C57H63IN10O7S/c1-33-39(40-17-20-48(60-52(40)56(72)73)68-24-23-35-7-5-9-41(44(35)32-68)54(70)63-57-59-45-10-3-4-12-47(45)76-57)8-6-11-46(33)75-58-36-13-15-37(16-14-36)74-38-29-34(30-38)31-66-25-27-67(28-26-66)49-21-18-42-51(64-65(2)53(42)61-49)43-19-22-50(69)62-55(43)71/h3-12,17-18,20-21,31,33,37-38,43,46,50,56,69,72-73H,13-16,19,22-30,32H2,1-2H3,(H,62,71)(H,59,63,70). The van der Waals surface area contributed by atoms with Gasteiger partial charge in [-0.25, -0.2) is 15.0 Å². The summed E-state index contributed by atoms with van der Waals surface area (Å²) in [4.78, 5) is 47.6. The number of hydrogen-bond donors (Lipinski definition) is 5. The number of aliphatic hydroxyl groups excluding tert-OH is 2. The van der Waals surface area contributed by atoms with Crippen LogP contribution in [0.1, 0.15) is 109 Å². The van der Waals surface area contributed by atoms with E-state index in [9.17, 15) is 24.9 Å². The van der Waals surface area contributed by atoms with E-state index in [1.807, 2.05) is 79.9 Å². The van der Waals surface area contributed by atoms with Gasteiger partial charge in [0.2, 0.25) is 5.91 Å². The molecule has 396 valence electrons. The number of nitrogens with one attached hydrogen (secondary N) is 2. The number of nitrogens with zero attached hydrogens (tertiary/aromatic N) is 8. The number of fused-ring (bicyclic) bond motifs is 3. The first-order chi connectivity index (χ1) is 37.0. The van der Waals surface area contributed by atoms with Gasteiger partial charge in [-0.1, -0.05) is 60.8 Å². The van der Waals surface area contributed by atoms with Crippen LogP contribution in [0.15, 0.2) is 96.7 Å². The predicted molar refractivity (Wildman–Crippen MR) is 303 cm³/mol. The lowest BCUT2D eigenvalue weighted by molar-refractivity contribution is -0.128. The molecule has 4 aromatic heterocycles. The molecular formula is C57H63IN10O7S. The molecule has 6 aromatic rings. The lowest BCUT2D eigenvalue weighted by atomic mass is 9.85. The van der Waals surface area contributed by atoms with Crippen LogP contribution in [0, 0.1) is 5.92 Å². The number of carbonyl (C=O) groups excluding carboxylic acids is 2. The Morgan fingerprint density at radius 2 is 1.70 bits per heavy atom. The van der Waals surface area contributed by atoms with Gasteiger partial charge < -0.3 is 43.1 Å². The van der Waals surface area contributed by atoms with Crippen molar-refractivity contribution in [2.45, 2.75) is 108 Å². The zero-order chi connectivity index (χ0) is 52.0. The van der Waals surface area contributed by atoms with Gasteiger partial charge in [-0.15, -0.1) is 0 Å². The maximum atomic E-state index is 13.7. The zero-order valence-corrected chi connectivity index (χ0v) is 45.6. The average Bonchev–Trinajstić information content (AvgIpc) is 4.02. The molecule has 0 bridgehead atoms. The van der Waals surface area contributed by atoms with E-state index >= 15 is 0 Å². The number of para-hydroxylation sites is 1. The first-order valence-electron chi connectivity index (χ1n) is 26.6. The van der Waals surface area contributed by atoms with Crippen molar-refractivity contribution < 1.29 is 32.7 Å². The fraction of sp³-hybridized carbons (Fsp3) is 0.421. The second-order valence-corrected chi connectivity index (χ2v) is 24.4. The molecule has 12 rings (SSSR count). The quantitative estimate of drug-likeness (QED) is 0.0584.